The van der Waals surface area contributed by atoms with Crippen molar-refractivity contribution in [1.29, 1.82) is 0 Å². The first-order valence-corrected chi connectivity index (χ1v) is 6.36. The highest BCUT2D eigenvalue weighted by Crippen LogP contribution is 2.29. The lowest BCUT2D eigenvalue weighted by atomic mass is 10.1. The normalized spacial score (nSPS) is 12.2. The molecule has 0 amide bonds. The quantitative estimate of drug-likeness (QED) is 0.856. The number of aryl methyl sites for hydroxylation is 1. The van der Waals surface area contributed by atoms with Gasteiger partial charge in [-0.25, -0.2) is 4.39 Å². The summed E-state index contributed by atoms with van der Waals surface area (Å²) in [6.45, 7) is 3.85. The van der Waals surface area contributed by atoms with Gasteiger partial charge in [0.2, 0.25) is 0 Å². The average molecular weight is 280 g/mol. The molecule has 0 radical (unpaired) electrons. The van der Waals surface area contributed by atoms with Gasteiger partial charge in [-0.15, -0.1) is 0 Å². The molecule has 0 aromatic heterocycles. The SMILES string of the molecule is Cc1cc(Cl)ccc1NC(C)c1ccc(F)cc1O. The van der Waals surface area contributed by atoms with Crippen LogP contribution < -0.4 is 5.32 Å². The Morgan fingerprint density at radius 3 is 2.58 bits per heavy atom. The van der Waals surface area contributed by atoms with E-state index in [0.717, 1.165) is 17.3 Å². The van der Waals surface area contributed by atoms with Gasteiger partial charge in [0, 0.05) is 22.3 Å². The van der Waals surface area contributed by atoms with Crippen LogP contribution in [0.3, 0.4) is 0 Å². The molecule has 0 aliphatic carbocycles. The molecule has 0 fully saturated rings. The van der Waals surface area contributed by atoms with Crippen molar-refractivity contribution in [1.82, 2.24) is 0 Å². The molecule has 0 saturated heterocycles. The first kappa shape index (κ1) is 13.7. The minimum Gasteiger partial charge on any atom is -0.507 e. The van der Waals surface area contributed by atoms with Crippen molar-refractivity contribution < 1.29 is 9.50 Å². The number of phenolic OH excluding ortho intramolecular Hbond substituents is 1. The van der Waals surface area contributed by atoms with Gasteiger partial charge in [0.15, 0.2) is 0 Å². The van der Waals surface area contributed by atoms with Crippen molar-refractivity contribution in [2.24, 2.45) is 0 Å². The third-order valence-electron chi connectivity index (χ3n) is 3.02. The number of hydrogen-bond acceptors (Lipinski definition) is 2. The Bertz CT molecular complexity index is 601. The molecule has 0 heterocycles. The maximum atomic E-state index is 13.0. The molecule has 1 unspecified atom stereocenters. The zero-order valence-electron chi connectivity index (χ0n) is 10.7. The molecule has 0 bridgehead atoms. The molecule has 2 nitrogen and oxygen atoms in total. The maximum Gasteiger partial charge on any atom is 0.126 e. The van der Waals surface area contributed by atoms with Gasteiger partial charge in [0.25, 0.3) is 0 Å². The molecule has 2 rings (SSSR count). The second-order valence-electron chi connectivity index (χ2n) is 4.53. The number of benzene rings is 2. The topological polar surface area (TPSA) is 32.3 Å². The van der Waals surface area contributed by atoms with E-state index in [9.17, 15) is 9.50 Å². The van der Waals surface area contributed by atoms with Crippen LogP contribution in [-0.4, -0.2) is 5.11 Å². The van der Waals surface area contributed by atoms with Crippen LogP contribution >= 0.6 is 11.6 Å². The zero-order chi connectivity index (χ0) is 14.0. The Morgan fingerprint density at radius 2 is 1.95 bits per heavy atom. The zero-order valence-corrected chi connectivity index (χ0v) is 11.5. The highest BCUT2D eigenvalue weighted by atomic mass is 35.5. The van der Waals surface area contributed by atoms with E-state index in [4.69, 9.17) is 11.6 Å². The fraction of sp³-hybridized carbons (Fsp3) is 0.200. The van der Waals surface area contributed by atoms with Crippen LogP contribution in [0, 0.1) is 12.7 Å². The van der Waals surface area contributed by atoms with Gasteiger partial charge in [-0.05, 0) is 43.7 Å². The lowest BCUT2D eigenvalue weighted by molar-refractivity contribution is 0.459. The summed E-state index contributed by atoms with van der Waals surface area (Å²) in [6, 6.07) is 9.43. The third-order valence-corrected chi connectivity index (χ3v) is 3.25. The minimum absolute atomic E-state index is 0.0494. The Kier molecular flexibility index (Phi) is 3.96. The summed E-state index contributed by atoms with van der Waals surface area (Å²) in [5, 5.41) is 13.7. The molecular weight excluding hydrogens is 265 g/mol. The molecule has 4 heteroatoms. The summed E-state index contributed by atoms with van der Waals surface area (Å²) in [5.74, 6) is -0.497. The first-order chi connectivity index (χ1) is 8.97. The highest BCUT2D eigenvalue weighted by Gasteiger charge is 2.12. The Morgan fingerprint density at radius 1 is 1.21 bits per heavy atom. The number of halogens is 2. The molecule has 19 heavy (non-hydrogen) atoms. The van der Waals surface area contributed by atoms with E-state index in [1.165, 1.54) is 6.07 Å². The van der Waals surface area contributed by atoms with Gasteiger partial charge in [-0.1, -0.05) is 17.7 Å². The van der Waals surface area contributed by atoms with Crippen LogP contribution in [-0.2, 0) is 0 Å². The molecule has 0 aliphatic rings. The lowest BCUT2D eigenvalue weighted by Gasteiger charge is -2.18. The van der Waals surface area contributed by atoms with Crippen LogP contribution in [0.2, 0.25) is 5.02 Å². The lowest BCUT2D eigenvalue weighted by Crippen LogP contribution is -2.08. The highest BCUT2D eigenvalue weighted by molar-refractivity contribution is 6.30. The van der Waals surface area contributed by atoms with Crippen LogP contribution in [0.4, 0.5) is 10.1 Å². The third kappa shape index (κ3) is 3.18. The summed E-state index contributed by atoms with van der Waals surface area (Å²) in [7, 11) is 0. The predicted molar refractivity (Wildman–Crippen MR) is 76.3 cm³/mol. The molecule has 2 N–H and O–H groups in total. The molecule has 2 aromatic rings. The molecular formula is C15H15ClFNO. The van der Waals surface area contributed by atoms with Crippen LogP contribution in [0.25, 0.3) is 0 Å². The molecule has 100 valence electrons. The van der Waals surface area contributed by atoms with E-state index in [1.807, 2.05) is 26.0 Å². The molecule has 0 spiro atoms. The summed E-state index contributed by atoms with van der Waals surface area (Å²) in [5.41, 5.74) is 2.59. The summed E-state index contributed by atoms with van der Waals surface area (Å²) in [4.78, 5) is 0. The number of anilines is 1. The molecule has 0 aliphatic heterocycles. The van der Waals surface area contributed by atoms with Crippen molar-refractivity contribution in [3.8, 4) is 5.75 Å². The van der Waals surface area contributed by atoms with Gasteiger partial charge in [0.05, 0.1) is 6.04 Å². The monoisotopic (exact) mass is 279 g/mol. The number of nitrogens with one attached hydrogen (secondary N) is 1. The molecule has 0 saturated carbocycles. The standard InChI is InChI=1S/C15H15ClFNO/c1-9-7-11(16)3-6-14(9)18-10(2)13-5-4-12(17)8-15(13)19/h3-8,10,18-19H,1-2H3. The number of phenols is 1. The number of aromatic hydroxyl groups is 1. The number of hydrogen-bond donors (Lipinski definition) is 2. The van der Waals surface area contributed by atoms with Crippen LogP contribution in [0.5, 0.6) is 5.75 Å². The van der Waals surface area contributed by atoms with Crippen molar-refractivity contribution >= 4 is 17.3 Å². The van der Waals surface area contributed by atoms with Gasteiger partial charge in [-0.2, -0.15) is 0 Å². The van der Waals surface area contributed by atoms with Crippen molar-refractivity contribution in [2.45, 2.75) is 19.9 Å². The molecule has 2 aromatic carbocycles. The minimum atomic E-state index is -0.448. The smallest absolute Gasteiger partial charge is 0.126 e. The second kappa shape index (κ2) is 5.49. The number of rotatable bonds is 3. The van der Waals surface area contributed by atoms with E-state index < -0.39 is 5.82 Å². The van der Waals surface area contributed by atoms with E-state index in [-0.39, 0.29) is 11.8 Å². The Balaban J connectivity index is 2.23. The Hall–Kier alpha value is -1.74. The summed E-state index contributed by atoms with van der Waals surface area (Å²) in [6.07, 6.45) is 0. The summed E-state index contributed by atoms with van der Waals surface area (Å²) >= 11 is 5.90. The van der Waals surface area contributed by atoms with Gasteiger partial charge in [-0.3, -0.25) is 0 Å². The van der Waals surface area contributed by atoms with Crippen molar-refractivity contribution in [3.63, 3.8) is 0 Å². The van der Waals surface area contributed by atoms with Crippen molar-refractivity contribution in [3.05, 3.63) is 58.4 Å². The maximum absolute atomic E-state index is 13.0. The first-order valence-electron chi connectivity index (χ1n) is 5.98. The Labute approximate surface area is 116 Å². The fourth-order valence-electron chi connectivity index (χ4n) is 1.98. The van der Waals surface area contributed by atoms with E-state index in [0.29, 0.717) is 10.6 Å². The van der Waals surface area contributed by atoms with E-state index in [1.54, 1.807) is 12.1 Å². The van der Waals surface area contributed by atoms with E-state index in [2.05, 4.69) is 5.32 Å². The van der Waals surface area contributed by atoms with Gasteiger partial charge >= 0.3 is 0 Å². The fourth-order valence-corrected chi connectivity index (χ4v) is 2.21. The van der Waals surface area contributed by atoms with Gasteiger partial charge in [0.1, 0.15) is 11.6 Å². The average Bonchev–Trinajstić information content (AvgIpc) is 2.32. The largest absolute Gasteiger partial charge is 0.507 e. The van der Waals surface area contributed by atoms with Crippen LogP contribution in [0.1, 0.15) is 24.1 Å². The second-order valence-corrected chi connectivity index (χ2v) is 4.96. The molecule has 1 atom stereocenters. The van der Waals surface area contributed by atoms with Crippen molar-refractivity contribution in [2.75, 3.05) is 5.32 Å². The predicted octanol–water partition coefficient (Wildman–Crippen LogP) is 4.67. The summed E-state index contributed by atoms with van der Waals surface area (Å²) < 4.78 is 13.0. The van der Waals surface area contributed by atoms with Crippen LogP contribution in [0.15, 0.2) is 36.4 Å². The van der Waals surface area contributed by atoms with Gasteiger partial charge < -0.3 is 10.4 Å². The van der Waals surface area contributed by atoms with E-state index >= 15 is 0 Å².